The van der Waals surface area contributed by atoms with Gasteiger partial charge in [0.05, 0.1) is 62.0 Å². The summed E-state index contributed by atoms with van der Waals surface area (Å²) in [5.41, 5.74) is 2.73. The van der Waals surface area contributed by atoms with Crippen molar-refractivity contribution in [2.45, 2.75) is 32.5 Å². The van der Waals surface area contributed by atoms with E-state index in [0.717, 1.165) is 11.1 Å². The van der Waals surface area contributed by atoms with Crippen LogP contribution in [-0.4, -0.2) is 122 Å². The van der Waals surface area contributed by atoms with Gasteiger partial charge in [-0.25, -0.2) is 9.78 Å². The number of amides is 3. The Labute approximate surface area is 354 Å². The molecule has 5 aromatic rings. The topological polar surface area (TPSA) is 165 Å². The number of ether oxygens (including phenoxy) is 1. The second-order valence-corrected chi connectivity index (χ2v) is 16.1. The van der Waals surface area contributed by atoms with E-state index in [0.29, 0.717) is 83.9 Å². The molecule has 316 valence electrons. The quantitative estimate of drug-likeness (QED) is 0.101. The van der Waals surface area contributed by atoms with Crippen LogP contribution in [0.1, 0.15) is 53.1 Å². The fraction of sp³-hybridized carbons (Fsp3) is 0.378. The van der Waals surface area contributed by atoms with Gasteiger partial charge in [-0.3, -0.25) is 33.9 Å². The predicted octanol–water partition coefficient (Wildman–Crippen LogP) is 3.48. The highest BCUT2D eigenvalue weighted by Gasteiger charge is 2.21. The molecule has 3 amide bonds. The van der Waals surface area contributed by atoms with Crippen molar-refractivity contribution in [1.82, 2.24) is 41.0 Å². The number of fused-ring (bicyclic) bond motifs is 2. The molecule has 0 saturated carbocycles. The lowest BCUT2D eigenvalue weighted by Crippen LogP contribution is -2.50. The molecule has 14 nitrogen and oxygen atoms in total. The molecule has 0 aliphatic carbocycles. The molecular weight excluding hydrogens is 781 g/mol. The molecule has 3 heterocycles. The highest BCUT2D eigenvalue weighted by atomic mass is 32.1. The molecule has 1 aliphatic heterocycles. The van der Waals surface area contributed by atoms with Crippen molar-refractivity contribution < 1.29 is 23.9 Å². The van der Waals surface area contributed by atoms with Crippen LogP contribution in [0.4, 0.5) is 0 Å². The van der Waals surface area contributed by atoms with E-state index < -0.39 is 5.97 Å². The molecule has 1 aliphatic rings. The summed E-state index contributed by atoms with van der Waals surface area (Å²) >= 11 is 1.34. The van der Waals surface area contributed by atoms with Gasteiger partial charge in [0.15, 0.2) is 5.43 Å². The van der Waals surface area contributed by atoms with Crippen molar-refractivity contribution >= 4 is 55.3 Å². The summed E-state index contributed by atoms with van der Waals surface area (Å²) in [5, 5.41) is 13.6. The zero-order chi connectivity index (χ0) is 42.4. The molecule has 3 aromatic carbocycles. The van der Waals surface area contributed by atoms with Crippen LogP contribution in [0.25, 0.3) is 20.3 Å². The van der Waals surface area contributed by atoms with Crippen molar-refractivity contribution in [3.63, 3.8) is 0 Å². The molecule has 0 unspecified atom stereocenters. The molecule has 0 bridgehead atoms. The summed E-state index contributed by atoms with van der Waals surface area (Å²) in [7, 11) is 1.30. The molecule has 2 aromatic heterocycles. The lowest BCUT2D eigenvalue weighted by Gasteiger charge is -2.31. The molecule has 15 heteroatoms. The van der Waals surface area contributed by atoms with E-state index >= 15 is 0 Å². The smallest absolute Gasteiger partial charge is 0.337 e. The number of carbonyl (C=O) groups excluding carboxylic acids is 4. The van der Waals surface area contributed by atoms with Crippen molar-refractivity contribution in [3.8, 4) is 0 Å². The largest absolute Gasteiger partial charge is 0.465 e. The van der Waals surface area contributed by atoms with E-state index in [4.69, 9.17) is 9.72 Å². The van der Waals surface area contributed by atoms with Gasteiger partial charge in [-0.05, 0) is 55.3 Å². The second kappa shape index (κ2) is 21.6. The third-order valence-electron chi connectivity index (χ3n) is 10.6. The summed E-state index contributed by atoms with van der Waals surface area (Å²) in [4.78, 5) is 77.0. The zero-order valence-electron chi connectivity index (χ0n) is 34.4. The van der Waals surface area contributed by atoms with Crippen molar-refractivity contribution in [3.05, 3.63) is 124 Å². The fourth-order valence-electron chi connectivity index (χ4n) is 7.17. The Hall–Kier alpha value is -5.58. The third kappa shape index (κ3) is 12.5. The Morgan fingerprint density at radius 1 is 0.700 bits per heavy atom. The summed E-state index contributed by atoms with van der Waals surface area (Å²) in [6.07, 6.45) is 0. The Bertz CT molecular complexity index is 2230. The van der Waals surface area contributed by atoms with E-state index in [9.17, 15) is 24.0 Å². The van der Waals surface area contributed by atoms with Crippen LogP contribution in [0.2, 0.25) is 0 Å². The molecule has 6 rings (SSSR count). The maximum Gasteiger partial charge on any atom is 0.337 e. The van der Waals surface area contributed by atoms with Crippen molar-refractivity contribution in [1.29, 1.82) is 0 Å². The number of hydrogen-bond acceptors (Lipinski definition) is 12. The van der Waals surface area contributed by atoms with Crippen LogP contribution in [0.3, 0.4) is 0 Å². The Balaban J connectivity index is 1.11. The van der Waals surface area contributed by atoms with E-state index in [-0.39, 0.29) is 61.4 Å². The van der Waals surface area contributed by atoms with Gasteiger partial charge in [-0.15, -0.1) is 11.3 Å². The molecule has 0 radical (unpaired) electrons. The van der Waals surface area contributed by atoms with Gasteiger partial charge < -0.3 is 26.0 Å². The lowest BCUT2D eigenvalue weighted by molar-refractivity contribution is -0.124. The maximum absolute atomic E-state index is 13.6. The number of pyridine rings is 1. The van der Waals surface area contributed by atoms with Gasteiger partial charge in [0.1, 0.15) is 4.83 Å². The van der Waals surface area contributed by atoms with Crippen LogP contribution >= 0.6 is 11.3 Å². The van der Waals surface area contributed by atoms with Gasteiger partial charge in [0, 0.05) is 62.4 Å². The minimum Gasteiger partial charge on any atom is -0.465 e. The van der Waals surface area contributed by atoms with Gasteiger partial charge in [-0.2, -0.15) is 0 Å². The fourth-order valence-corrected chi connectivity index (χ4v) is 8.21. The van der Waals surface area contributed by atoms with Gasteiger partial charge in [-0.1, -0.05) is 60.7 Å². The van der Waals surface area contributed by atoms with Crippen molar-refractivity contribution in [2.24, 2.45) is 0 Å². The number of aromatic nitrogens is 1. The average Bonchev–Trinajstić information content (AvgIpc) is 3.25. The van der Waals surface area contributed by atoms with Gasteiger partial charge >= 0.3 is 5.97 Å². The molecule has 2 atom stereocenters. The van der Waals surface area contributed by atoms with Crippen LogP contribution in [0.5, 0.6) is 0 Å². The van der Waals surface area contributed by atoms with Crippen LogP contribution in [-0.2, 0) is 25.7 Å². The SMILES string of the molecule is COC(=O)c1ccc2sc3nc(CNC(=O)CN4CCN(CC(=O)N[C@@H](C)c5ccccc5)CCNCCN(CC(=O)N[C@@H](C)c5ccccc5)CC4)ccc3c(=O)c2c1. The minimum atomic E-state index is -0.515. The number of benzene rings is 3. The zero-order valence-corrected chi connectivity index (χ0v) is 35.3. The second-order valence-electron chi connectivity index (χ2n) is 15.0. The first-order chi connectivity index (χ1) is 29.1. The highest BCUT2D eigenvalue weighted by Crippen LogP contribution is 2.25. The Morgan fingerprint density at radius 3 is 1.78 bits per heavy atom. The minimum absolute atomic E-state index is 0.0727. The number of nitrogens with zero attached hydrogens (tertiary/aromatic N) is 4. The first-order valence-electron chi connectivity index (χ1n) is 20.3. The lowest BCUT2D eigenvalue weighted by atomic mass is 10.1. The number of methoxy groups -OCH3 is 1. The van der Waals surface area contributed by atoms with Crippen molar-refractivity contribution in [2.75, 3.05) is 79.1 Å². The molecule has 4 N–H and O–H groups in total. The number of rotatable bonds is 13. The van der Waals surface area contributed by atoms with Gasteiger partial charge in [0.2, 0.25) is 17.7 Å². The van der Waals surface area contributed by atoms with Crippen LogP contribution in [0, 0.1) is 0 Å². The molecule has 60 heavy (non-hydrogen) atoms. The monoisotopic (exact) mass is 834 g/mol. The number of carbonyl (C=O) groups is 4. The van der Waals surface area contributed by atoms with Gasteiger partial charge in [0.25, 0.3) is 0 Å². The first-order valence-corrected chi connectivity index (χ1v) is 21.2. The summed E-state index contributed by atoms with van der Waals surface area (Å²) in [6.45, 7) is 9.35. The van der Waals surface area contributed by atoms with E-state index in [1.54, 1.807) is 30.3 Å². The van der Waals surface area contributed by atoms with Crippen LogP contribution < -0.4 is 26.7 Å². The summed E-state index contributed by atoms with van der Waals surface area (Å²) in [5.74, 6) is -0.860. The van der Waals surface area contributed by atoms with E-state index in [2.05, 4.69) is 36.0 Å². The standard InChI is InChI=1S/C45H54N8O6S/c1-31(33-10-6-4-7-11-33)48-41(55)29-51-20-18-46-19-21-52(30-42(56)49-32(2)34-12-8-5-9-13-34)23-25-53(24-22-51)28-40(54)47-27-36-15-16-37-43(57)38-26-35(45(58)59-3)14-17-39(38)60-44(37)50-36/h4-17,26,31-32,46H,18-25,27-30H2,1-3H3,(H,47,54)(H,48,55)(H,49,56)/t31-,32-/m0/s1. The Kier molecular flexibility index (Phi) is 15.8. The first kappa shape index (κ1) is 44.0. The Morgan fingerprint density at radius 2 is 1.23 bits per heavy atom. The molecule has 1 saturated heterocycles. The highest BCUT2D eigenvalue weighted by molar-refractivity contribution is 7.24. The molecular formula is C45H54N8O6S. The van der Waals surface area contributed by atoms with Crippen LogP contribution in [0.15, 0.2) is 95.8 Å². The van der Waals surface area contributed by atoms with E-state index in [1.165, 1.54) is 18.4 Å². The third-order valence-corrected chi connectivity index (χ3v) is 11.7. The number of hydrogen-bond donors (Lipinski definition) is 4. The normalized spacial score (nSPS) is 15.9. The maximum atomic E-state index is 13.6. The number of esters is 1. The number of nitrogens with one attached hydrogen (secondary N) is 4. The predicted molar refractivity (Wildman–Crippen MR) is 235 cm³/mol. The average molecular weight is 835 g/mol. The van der Waals surface area contributed by atoms with E-state index in [1.807, 2.05) is 74.5 Å². The molecule has 0 spiro atoms. The summed E-state index contributed by atoms with van der Waals surface area (Å²) < 4.78 is 5.51. The molecule has 1 fully saturated rings. The summed E-state index contributed by atoms with van der Waals surface area (Å²) in [6, 6.07) is 27.7.